The lowest BCUT2D eigenvalue weighted by molar-refractivity contribution is -0.145. The maximum atomic E-state index is 11.4. The zero-order valence-corrected chi connectivity index (χ0v) is 16.9. The summed E-state index contributed by atoms with van der Waals surface area (Å²) in [6, 6.07) is 0. The molecule has 0 bridgehead atoms. The molecule has 0 spiro atoms. The third-order valence-corrected chi connectivity index (χ3v) is 3.37. The van der Waals surface area contributed by atoms with Crippen LogP contribution < -0.4 is 0 Å². The first-order chi connectivity index (χ1) is 13.2. The summed E-state index contributed by atoms with van der Waals surface area (Å²) in [6.07, 6.45) is 4.77. The summed E-state index contributed by atoms with van der Waals surface area (Å²) in [5, 5.41) is 0. The molecule has 0 aromatic carbocycles. The quantitative estimate of drug-likeness (QED) is 0.230. The first-order valence-electron chi connectivity index (χ1n) is 9.76. The second kappa shape index (κ2) is 21.1. The van der Waals surface area contributed by atoms with Crippen molar-refractivity contribution >= 4 is 11.9 Å². The molecule has 0 aromatic rings. The molecule has 0 aromatic heterocycles. The average Bonchev–Trinajstić information content (AvgIpc) is 2.64. The Morgan fingerprint density at radius 2 is 1.04 bits per heavy atom. The predicted octanol–water partition coefficient (Wildman–Crippen LogP) is 2.13. The first kappa shape index (κ1) is 25.8. The zero-order chi connectivity index (χ0) is 20.0. The molecule has 0 heterocycles. The van der Waals surface area contributed by atoms with E-state index in [1.54, 1.807) is 0 Å². The molecule has 0 saturated heterocycles. The van der Waals surface area contributed by atoms with Gasteiger partial charge in [-0.3, -0.25) is 9.59 Å². The van der Waals surface area contributed by atoms with Gasteiger partial charge in [0.2, 0.25) is 0 Å². The van der Waals surface area contributed by atoms with Crippen LogP contribution >= 0.6 is 0 Å². The van der Waals surface area contributed by atoms with E-state index in [0.717, 1.165) is 25.7 Å². The van der Waals surface area contributed by atoms with E-state index >= 15 is 0 Å². The summed E-state index contributed by atoms with van der Waals surface area (Å²) in [7, 11) is 0. The maximum absolute atomic E-state index is 11.4. The number of hydrogen-bond donors (Lipinski definition) is 0. The maximum Gasteiger partial charge on any atom is 0.305 e. The largest absolute Gasteiger partial charge is 0.463 e. The fourth-order valence-corrected chi connectivity index (χ4v) is 1.99. The highest BCUT2D eigenvalue weighted by molar-refractivity contribution is 5.69. The standard InChI is InChI=1S/C19H36O8/c1-3-4-5-6-7-19(21)27-17-15-25-13-11-23-9-8-22-10-12-24-14-16-26-18(2)20/h3-17H2,1-2H3. The summed E-state index contributed by atoms with van der Waals surface area (Å²) in [4.78, 5) is 21.9. The summed E-state index contributed by atoms with van der Waals surface area (Å²) in [5.41, 5.74) is 0. The van der Waals surface area contributed by atoms with Gasteiger partial charge in [-0.15, -0.1) is 0 Å². The van der Waals surface area contributed by atoms with Crippen LogP contribution in [0.25, 0.3) is 0 Å². The summed E-state index contributed by atoms with van der Waals surface area (Å²) < 4.78 is 31.0. The van der Waals surface area contributed by atoms with E-state index in [0.29, 0.717) is 59.3 Å². The smallest absolute Gasteiger partial charge is 0.305 e. The van der Waals surface area contributed by atoms with Gasteiger partial charge in [0.25, 0.3) is 0 Å². The predicted molar refractivity (Wildman–Crippen MR) is 99.6 cm³/mol. The highest BCUT2D eigenvalue weighted by Gasteiger charge is 2.02. The van der Waals surface area contributed by atoms with Crippen LogP contribution in [0.15, 0.2) is 0 Å². The number of carbonyl (C=O) groups is 2. The molecule has 27 heavy (non-hydrogen) atoms. The van der Waals surface area contributed by atoms with E-state index < -0.39 is 0 Å². The zero-order valence-electron chi connectivity index (χ0n) is 16.9. The van der Waals surface area contributed by atoms with Gasteiger partial charge in [0.05, 0.1) is 52.9 Å². The van der Waals surface area contributed by atoms with E-state index in [4.69, 9.17) is 28.4 Å². The highest BCUT2D eigenvalue weighted by Crippen LogP contribution is 2.03. The molecule has 160 valence electrons. The van der Waals surface area contributed by atoms with Crippen molar-refractivity contribution in [3.05, 3.63) is 0 Å². The van der Waals surface area contributed by atoms with Crippen molar-refractivity contribution in [1.29, 1.82) is 0 Å². The number of ether oxygens (including phenoxy) is 6. The molecule has 0 atom stereocenters. The van der Waals surface area contributed by atoms with E-state index in [-0.39, 0.29) is 25.2 Å². The van der Waals surface area contributed by atoms with Crippen molar-refractivity contribution in [2.75, 3.05) is 66.1 Å². The van der Waals surface area contributed by atoms with Gasteiger partial charge in [0, 0.05) is 13.3 Å². The molecule has 0 aliphatic carbocycles. The van der Waals surface area contributed by atoms with Crippen LogP contribution in [0.2, 0.25) is 0 Å². The van der Waals surface area contributed by atoms with Crippen molar-refractivity contribution in [2.45, 2.75) is 46.0 Å². The van der Waals surface area contributed by atoms with Crippen molar-refractivity contribution in [3.8, 4) is 0 Å². The number of carbonyl (C=O) groups excluding carboxylic acids is 2. The van der Waals surface area contributed by atoms with Crippen LogP contribution in [0.3, 0.4) is 0 Å². The summed E-state index contributed by atoms with van der Waals surface area (Å²) >= 11 is 0. The molecule has 0 aliphatic heterocycles. The van der Waals surface area contributed by atoms with Gasteiger partial charge in [-0.05, 0) is 6.42 Å². The van der Waals surface area contributed by atoms with Crippen molar-refractivity contribution in [1.82, 2.24) is 0 Å². The van der Waals surface area contributed by atoms with Crippen LogP contribution in [0.5, 0.6) is 0 Å². The topological polar surface area (TPSA) is 89.5 Å². The van der Waals surface area contributed by atoms with Crippen LogP contribution in [0, 0.1) is 0 Å². The molecule has 0 aliphatic rings. The Kier molecular flexibility index (Phi) is 20.1. The van der Waals surface area contributed by atoms with Crippen molar-refractivity contribution in [3.63, 3.8) is 0 Å². The minimum Gasteiger partial charge on any atom is -0.463 e. The molecule has 0 fully saturated rings. The fourth-order valence-electron chi connectivity index (χ4n) is 1.99. The van der Waals surface area contributed by atoms with E-state index in [1.165, 1.54) is 6.92 Å². The van der Waals surface area contributed by atoms with Gasteiger partial charge < -0.3 is 28.4 Å². The van der Waals surface area contributed by atoms with E-state index in [2.05, 4.69) is 6.92 Å². The summed E-state index contributed by atoms with van der Waals surface area (Å²) in [6.45, 7) is 7.57. The Morgan fingerprint density at radius 3 is 1.48 bits per heavy atom. The summed E-state index contributed by atoms with van der Waals surface area (Å²) in [5.74, 6) is -0.465. The van der Waals surface area contributed by atoms with Gasteiger partial charge in [0.15, 0.2) is 0 Å². The molecule has 0 unspecified atom stereocenters. The van der Waals surface area contributed by atoms with Crippen LogP contribution in [-0.4, -0.2) is 78.0 Å². The van der Waals surface area contributed by atoms with Gasteiger partial charge in [0.1, 0.15) is 13.2 Å². The second-order valence-corrected chi connectivity index (χ2v) is 5.82. The number of rotatable bonds is 20. The normalized spacial score (nSPS) is 10.7. The minimum absolute atomic E-state index is 0.154. The van der Waals surface area contributed by atoms with Crippen molar-refractivity contribution < 1.29 is 38.0 Å². The first-order valence-corrected chi connectivity index (χ1v) is 9.76. The Morgan fingerprint density at radius 1 is 0.593 bits per heavy atom. The van der Waals surface area contributed by atoms with Crippen LogP contribution in [0.1, 0.15) is 46.0 Å². The van der Waals surface area contributed by atoms with Crippen LogP contribution in [-0.2, 0) is 38.0 Å². The van der Waals surface area contributed by atoms with Gasteiger partial charge in [-0.2, -0.15) is 0 Å². The van der Waals surface area contributed by atoms with Gasteiger partial charge in [-0.25, -0.2) is 0 Å². The third kappa shape index (κ3) is 22.7. The van der Waals surface area contributed by atoms with Gasteiger partial charge >= 0.3 is 11.9 Å². The van der Waals surface area contributed by atoms with Crippen LogP contribution in [0.4, 0.5) is 0 Å². The Bertz CT molecular complexity index is 349. The lowest BCUT2D eigenvalue weighted by atomic mass is 10.2. The molecule has 8 heteroatoms. The number of unbranched alkanes of at least 4 members (excludes halogenated alkanes) is 3. The molecule has 0 radical (unpaired) electrons. The fraction of sp³-hybridized carbons (Fsp3) is 0.895. The molecule has 0 N–H and O–H groups in total. The van der Waals surface area contributed by atoms with E-state index in [1.807, 2.05) is 0 Å². The Balaban J connectivity index is 3.10. The lowest BCUT2D eigenvalue weighted by Gasteiger charge is -2.08. The van der Waals surface area contributed by atoms with Crippen molar-refractivity contribution in [2.24, 2.45) is 0 Å². The molecule has 0 saturated carbocycles. The van der Waals surface area contributed by atoms with E-state index in [9.17, 15) is 9.59 Å². The minimum atomic E-state index is -0.310. The SMILES string of the molecule is CCCCCCC(=O)OCCOCCOCCOCCOCCOC(C)=O. The molecule has 8 nitrogen and oxygen atoms in total. The monoisotopic (exact) mass is 392 g/mol. The number of hydrogen-bond acceptors (Lipinski definition) is 8. The third-order valence-electron chi connectivity index (χ3n) is 3.37. The molecular weight excluding hydrogens is 356 g/mol. The molecule has 0 rings (SSSR count). The molecule has 0 amide bonds. The number of esters is 2. The second-order valence-electron chi connectivity index (χ2n) is 5.82. The molecular formula is C19H36O8. The lowest BCUT2D eigenvalue weighted by Crippen LogP contribution is -2.15. The Hall–Kier alpha value is -1.22. The van der Waals surface area contributed by atoms with Gasteiger partial charge in [-0.1, -0.05) is 26.2 Å². The highest BCUT2D eigenvalue weighted by atomic mass is 16.6. The average molecular weight is 392 g/mol. The Labute approximate surface area is 162 Å².